The molecule has 2 aliphatic rings. The van der Waals surface area contributed by atoms with Crippen LogP contribution in [-0.2, 0) is 5.41 Å². The van der Waals surface area contributed by atoms with Crippen molar-refractivity contribution in [2.24, 2.45) is 0 Å². The molecule has 11 aromatic rings. The largest absolute Gasteiger partial charge is 0.309 e. The molecule has 1 aliphatic heterocycles. The molecule has 4 aromatic heterocycles. The highest BCUT2D eigenvalue weighted by atomic mass is 32.2. The fraction of sp³-hybridized carbons (Fsp3) is 0.0189. The maximum absolute atomic E-state index is 4.94. The van der Waals surface area contributed by atoms with Gasteiger partial charge in [-0.05, 0) is 118 Å². The number of pyridine rings is 2. The molecule has 0 fully saturated rings. The molecular formula is C53H32N4S. The second kappa shape index (κ2) is 11.9. The van der Waals surface area contributed by atoms with Crippen molar-refractivity contribution >= 4 is 55.4 Å². The molecule has 7 aromatic carbocycles. The van der Waals surface area contributed by atoms with Crippen molar-refractivity contribution in [2.75, 3.05) is 0 Å². The SMILES string of the molecule is c1ccc2c(c1)Sc1ccc(-c3ccc4c(c3)c3ccccc3n4-c3ccc(-n4c5ccccc5c5ccccc54)cc3)cc1C21c2cccnc2-c2ncccc21. The summed E-state index contributed by atoms with van der Waals surface area (Å²) in [6.07, 6.45) is 3.78. The van der Waals surface area contributed by atoms with Gasteiger partial charge < -0.3 is 9.13 Å². The molecule has 5 heterocycles. The number of hydrogen-bond acceptors (Lipinski definition) is 3. The summed E-state index contributed by atoms with van der Waals surface area (Å²) in [6.45, 7) is 0. The molecule has 0 atom stereocenters. The number of aromatic nitrogens is 4. The van der Waals surface area contributed by atoms with Gasteiger partial charge in [0.1, 0.15) is 0 Å². The third-order valence-electron chi connectivity index (χ3n) is 12.5. The van der Waals surface area contributed by atoms with E-state index in [4.69, 9.17) is 9.97 Å². The summed E-state index contributed by atoms with van der Waals surface area (Å²) < 4.78 is 4.79. The van der Waals surface area contributed by atoms with Crippen LogP contribution in [-0.4, -0.2) is 19.1 Å². The minimum absolute atomic E-state index is 0.522. The lowest BCUT2D eigenvalue weighted by Gasteiger charge is -2.39. The lowest BCUT2D eigenvalue weighted by atomic mass is 9.67. The lowest BCUT2D eigenvalue weighted by Crippen LogP contribution is -2.32. The van der Waals surface area contributed by atoms with E-state index in [0.717, 1.165) is 22.8 Å². The highest BCUT2D eigenvalue weighted by molar-refractivity contribution is 7.99. The number of hydrogen-bond donors (Lipinski definition) is 0. The Hall–Kier alpha value is -7.21. The second-order valence-electron chi connectivity index (χ2n) is 15.3. The Bertz CT molecular complexity index is 3400. The van der Waals surface area contributed by atoms with Crippen molar-refractivity contribution in [3.63, 3.8) is 0 Å². The van der Waals surface area contributed by atoms with Gasteiger partial charge in [0.15, 0.2) is 0 Å². The number of benzene rings is 7. The molecule has 0 bridgehead atoms. The zero-order valence-corrected chi connectivity index (χ0v) is 32.0. The molecule has 0 amide bonds. The Morgan fingerprint density at radius 2 is 0.828 bits per heavy atom. The lowest BCUT2D eigenvalue weighted by molar-refractivity contribution is 0.720. The van der Waals surface area contributed by atoms with Crippen LogP contribution in [0.25, 0.3) is 77.5 Å². The van der Waals surface area contributed by atoms with E-state index in [1.807, 2.05) is 24.2 Å². The minimum Gasteiger partial charge on any atom is -0.309 e. The van der Waals surface area contributed by atoms with E-state index in [1.165, 1.54) is 86.8 Å². The third kappa shape index (κ3) is 4.20. The van der Waals surface area contributed by atoms with E-state index in [0.29, 0.717) is 0 Å². The second-order valence-corrected chi connectivity index (χ2v) is 16.4. The van der Waals surface area contributed by atoms with Gasteiger partial charge in [0.05, 0.1) is 38.9 Å². The van der Waals surface area contributed by atoms with Crippen LogP contribution >= 0.6 is 11.8 Å². The van der Waals surface area contributed by atoms with Crippen LogP contribution in [0, 0.1) is 0 Å². The van der Waals surface area contributed by atoms with Gasteiger partial charge in [-0.3, -0.25) is 9.97 Å². The molecule has 5 heteroatoms. The summed E-state index contributed by atoms with van der Waals surface area (Å²) in [4.78, 5) is 12.4. The third-order valence-corrected chi connectivity index (χ3v) is 13.6. The van der Waals surface area contributed by atoms with Crippen molar-refractivity contribution in [1.82, 2.24) is 19.1 Å². The van der Waals surface area contributed by atoms with Gasteiger partial charge in [-0.25, -0.2) is 0 Å². The van der Waals surface area contributed by atoms with E-state index in [-0.39, 0.29) is 0 Å². The van der Waals surface area contributed by atoms with Crippen molar-refractivity contribution in [3.8, 4) is 33.9 Å². The van der Waals surface area contributed by atoms with E-state index in [2.05, 4.69) is 191 Å². The molecule has 0 N–H and O–H groups in total. The van der Waals surface area contributed by atoms with E-state index < -0.39 is 5.41 Å². The Morgan fingerprint density at radius 1 is 0.362 bits per heavy atom. The van der Waals surface area contributed by atoms with E-state index >= 15 is 0 Å². The summed E-state index contributed by atoms with van der Waals surface area (Å²) in [5.74, 6) is 0. The summed E-state index contributed by atoms with van der Waals surface area (Å²) in [7, 11) is 0. The van der Waals surface area contributed by atoms with Crippen LogP contribution in [0.2, 0.25) is 0 Å². The predicted octanol–water partition coefficient (Wildman–Crippen LogP) is 13.2. The molecule has 13 rings (SSSR count). The Morgan fingerprint density at radius 3 is 1.45 bits per heavy atom. The van der Waals surface area contributed by atoms with E-state index in [1.54, 1.807) is 0 Å². The average molecular weight is 757 g/mol. The molecule has 4 nitrogen and oxygen atoms in total. The fourth-order valence-electron chi connectivity index (χ4n) is 10.1. The minimum atomic E-state index is -0.522. The molecule has 58 heavy (non-hydrogen) atoms. The molecular weight excluding hydrogens is 725 g/mol. The maximum atomic E-state index is 4.94. The quantitative estimate of drug-likeness (QED) is 0.180. The first-order valence-corrected chi connectivity index (χ1v) is 20.5. The maximum Gasteiger partial charge on any atom is 0.0937 e. The standard InChI is InChI=1S/C53H32N4S/c1-5-17-45-37(11-1)38-12-2-6-18-46(38)56(45)35-23-25-36(26-24-35)57-47-19-7-3-13-39(47)40-31-33(21-27-48(40)57)34-22-28-50-44(32-34)53(41-14-4-8-20-49(41)58-50)42-15-9-29-54-51(42)52-43(53)16-10-30-55-52/h1-32H. The van der Waals surface area contributed by atoms with Crippen LogP contribution in [0.15, 0.2) is 204 Å². The van der Waals surface area contributed by atoms with Crippen LogP contribution < -0.4 is 0 Å². The molecule has 0 saturated carbocycles. The van der Waals surface area contributed by atoms with Crippen LogP contribution in [0.4, 0.5) is 0 Å². The zero-order valence-electron chi connectivity index (χ0n) is 31.2. The normalized spacial score (nSPS) is 13.6. The number of para-hydroxylation sites is 3. The molecule has 0 unspecified atom stereocenters. The summed E-state index contributed by atoms with van der Waals surface area (Å²) in [5, 5.41) is 5.01. The molecule has 0 radical (unpaired) electrons. The van der Waals surface area contributed by atoms with Crippen LogP contribution in [0.1, 0.15) is 22.3 Å². The van der Waals surface area contributed by atoms with Crippen molar-refractivity contribution in [3.05, 3.63) is 217 Å². The van der Waals surface area contributed by atoms with Gasteiger partial charge in [-0.1, -0.05) is 109 Å². The van der Waals surface area contributed by atoms with Gasteiger partial charge >= 0.3 is 0 Å². The highest BCUT2D eigenvalue weighted by Gasteiger charge is 2.51. The highest BCUT2D eigenvalue weighted by Crippen LogP contribution is 2.61. The van der Waals surface area contributed by atoms with Crippen molar-refractivity contribution in [2.45, 2.75) is 15.2 Å². The monoisotopic (exact) mass is 756 g/mol. The zero-order chi connectivity index (χ0) is 38.0. The van der Waals surface area contributed by atoms with Crippen molar-refractivity contribution < 1.29 is 0 Å². The summed E-state index contributed by atoms with van der Waals surface area (Å²) in [6, 6.07) is 66.8. The first-order valence-electron chi connectivity index (χ1n) is 19.7. The van der Waals surface area contributed by atoms with E-state index in [9.17, 15) is 0 Å². The topological polar surface area (TPSA) is 35.6 Å². The molecule has 1 spiro atoms. The Kier molecular flexibility index (Phi) is 6.55. The number of nitrogens with zero attached hydrogens (tertiary/aromatic N) is 4. The van der Waals surface area contributed by atoms with Crippen LogP contribution in [0.3, 0.4) is 0 Å². The molecule has 270 valence electrons. The predicted molar refractivity (Wildman–Crippen MR) is 238 cm³/mol. The smallest absolute Gasteiger partial charge is 0.0937 e. The average Bonchev–Trinajstić information content (AvgIpc) is 3.91. The van der Waals surface area contributed by atoms with Gasteiger partial charge in [-0.2, -0.15) is 0 Å². The van der Waals surface area contributed by atoms with Gasteiger partial charge in [0, 0.05) is 55.1 Å². The first kappa shape index (κ1) is 31.9. The fourth-order valence-corrected chi connectivity index (χ4v) is 11.3. The molecule has 1 aliphatic carbocycles. The van der Waals surface area contributed by atoms with Crippen molar-refractivity contribution in [1.29, 1.82) is 0 Å². The van der Waals surface area contributed by atoms with Gasteiger partial charge in [0.2, 0.25) is 0 Å². The summed E-state index contributed by atoms with van der Waals surface area (Å²) in [5.41, 5.74) is 15.8. The number of rotatable bonds is 3. The summed E-state index contributed by atoms with van der Waals surface area (Å²) >= 11 is 1.86. The Labute approximate surface area is 338 Å². The number of fused-ring (bicyclic) bond motifs is 15. The first-order chi connectivity index (χ1) is 28.8. The van der Waals surface area contributed by atoms with Crippen LogP contribution in [0.5, 0.6) is 0 Å². The Balaban J connectivity index is 0.971. The van der Waals surface area contributed by atoms with Gasteiger partial charge in [-0.15, -0.1) is 0 Å². The van der Waals surface area contributed by atoms with Gasteiger partial charge in [0.25, 0.3) is 0 Å². The molecule has 0 saturated heterocycles.